The van der Waals surface area contributed by atoms with Crippen molar-refractivity contribution in [2.24, 2.45) is 0 Å². The molecule has 16 heavy (non-hydrogen) atoms. The summed E-state index contributed by atoms with van der Waals surface area (Å²) in [6, 6.07) is 3.49. The van der Waals surface area contributed by atoms with Gasteiger partial charge >= 0.3 is 5.97 Å². The Balaban J connectivity index is 3.31. The SMILES string of the molecule is COC(=O)c1cc(C)cc(Br)c1NC(C)=O. The van der Waals surface area contributed by atoms with Crippen LogP contribution in [0.15, 0.2) is 16.6 Å². The third-order valence-electron chi connectivity index (χ3n) is 1.94. The summed E-state index contributed by atoms with van der Waals surface area (Å²) >= 11 is 3.30. The Bertz CT molecular complexity index is 443. The minimum absolute atomic E-state index is 0.241. The van der Waals surface area contributed by atoms with Crippen LogP contribution in [0.5, 0.6) is 0 Å². The maximum atomic E-state index is 11.5. The number of methoxy groups -OCH3 is 1. The zero-order valence-corrected chi connectivity index (χ0v) is 10.8. The standard InChI is InChI=1S/C11H12BrNO3/c1-6-4-8(11(15)16-3)10(9(12)5-6)13-7(2)14/h4-5H,1-3H3,(H,13,14). The van der Waals surface area contributed by atoms with E-state index in [-0.39, 0.29) is 5.91 Å². The molecule has 0 aliphatic carbocycles. The van der Waals surface area contributed by atoms with Gasteiger partial charge in [0.05, 0.1) is 18.4 Å². The van der Waals surface area contributed by atoms with Gasteiger partial charge in [-0.05, 0) is 40.5 Å². The fourth-order valence-electron chi connectivity index (χ4n) is 1.32. The molecule has 5 heteroatoms. The summed E-state index contributed by atoms with van der Waals surface area (Å²) in [5.74, 6) is -0.720. The molecule has 1 aromatic carbocycles. The lowest BCUT2D eigenvalue weighted by molar-refractivity contribution is -0.114. The van der Waals surface area contributed by atoms with Crippen LogP contribution in [-0.2, 0) is 9.53 Å². The molecule has 0 aliphatic heterocycles. The van der Waals surface area contributed by atoms with Gasteiger partial charge in [0.25, 0.3) is 0 Å². The maximum absolute atomic E-state index is 11.5. The second-order valence-electron chi connectivity index (χ2n) is 3.34. The zero-order valence-electron chi connectivity index (χ0n) is 9.26. The van der Waals surface area contributed by atoms with Crippen molar-refractivity contribution in [3.8, 4) is 0 Å². The van der Waals surface area contributed by atoms with Crippen LogP contribution in [0.4, 0.5) is 5.69 Å². The van der Waals surface area contributed by atoms with E-state index in [2.05, 4.69) is 26.0 Å². The van der Waals surface area contributed by atoms with Crippen LogP contribution in [0, 0.1) is 6.92 Å². The van der Waals surface area contributed by atoms with Crippen LogP contribution in [0.25, 0.3) is 0 Å². The molecular formula is C11H12BrNO3. The lowest BCUT2D eigenvalue weighted by Gasteiger charge is -2.11. The summed E-state index contributed by atoms with van der Waals surface area (Å²) in [7, 11) is 1.30. The van der Waals surface area contributed by atoms with Crippen molar-refractivity contribution in [3.05, 3.63) is 27.7 Å². The number of carbonyl (C=O) groups is 2. The van der Waals surface area contributed by atoms with Crippen LogP contribution in [0.1, 0.15) is 22.8 Å². The van der Waals surface area contributed by atoms with Crippen molar-refractivity contribution < 1.29 is 14.3 Å². The highest BCUT2D eigenvalue weighted by Crippen LogP contribution is 2.28. The van der Waals surface area contributed by atoms with E-state index in [0.29, 0.717) is 15.7 Å². The fourth-order valence-corrected chi connectivity index (χ4v) is 1.99. The molecule has 0 heterocycles. The number of nitrogens with one attached hydrogen (secondary N) is 1. The minimum atomic E-state index is -0.479. The van der Waals surface area contributed by atoms with Crippen LogP contribution in [0.2, 0.25) is 0 Å². The largest absolute Gasteiger partial charge is 0.465 e. The molecule has 0 atom stereocenters. The molecule has 1 N–H and O–H groups in total. The van der Waals surface area contributed by atoms with Gasteiger partial charge < -0.3 is 10.1 Å². The Morgan fingerprint density at radius 2 is 2.00 bits per heavy atom. The smallest absolute Gasteiger partial charge is 0.340 e. The van der Waals surface area contributed by atoms with E-state index in [1.54, 1.807) is 6.07 Å². The van der Waals surface area contributed by atoms with Crippen LogP contribution in [-0.4, -0.2) is 19.0 Å². The topological polar surface area (TPSA) is 55.4 Å². The molecule has 4 nitrogen and oxygen atoms in total. The molecule has 1 aromatic rings. The monoisotopic (exact) mass is 285 g/mol. The van der Waals surface area contributed by atoms with Gasteiger partial charge in [-0.15, -0.1) is 0 Å². The second kappa shape index (κ2) is 5.12. The molecule has 1 amide bonds. The first-order valence-electron chi connectivity index (χ1n) is 4.61. The summed E-state index contributed by atoms with van der Waals surface area (Å²) in [4.78, 5) is 22.6. The Morgan fingerprint density at radius 1 is 1.38 bits per heavy atom. The van der Waals surface area contributed by atoms with E-state index in [0.717, 1.165) is 5.56 Å². The number of esters is 1. The summed E-state index contributed by atoms with van der Waals surface area (Å²) in [5.41, 5.74) is 1.68. The second-order valence-corrected chi connectivity index (χ2v) is 4.20. The number of hydrogen-bond acceptors (Lipinski definition) is 3. The van der Waals surface area contributed by atoms with E-state index in [4.69, 9.17) is 0 Å². The maximum Gasteiger partial charge on any atom is 0.340 e. The van der Waals surface area contributed by atoms with Crippen LogP contribution < -0.4 is 5.32 Å². The van der Waals surface area contributed by atoms with E-state index in [1.165, 1.54) is 14.0 Å². The number of rotatable bonds is 2. The van der Waals surface area contributed by atoms with Crippen molar-refractivity contribution in [2.45, 2.75) is 13.8 Å². The molecule has 1 rings (SSSR count). The van der Waals surface area contributed by atoms with Gasteiger partial charge in [-0.25, -0.2) is 4.79 Å². The van der Waals surface area contributed by atoms with Crippen molar-refractivity contribution in [1.29, 1.82) is 0 Å². The van der Waals surface area contributed by atoms with Crippen molar-refractivity contribution in [3.63, 3.8) is 0 Å². The highest BCUT2D eigenvalue weighted by molar-refractivity contribution is 9.10. The summed E-state index contributed by atoms with van der Waals surface area (Å²) in [6.45, 7) is 3.24. The lowest BCUT2D eigenvalue weighted by atomic mass is 10.1. The van der Waals surface area contributed by atoms with Crippen molar-refractivity contribution in [2.75, 3.05) is 12.4 Å². The van der Waals surface area contributed by atoms with Crippen molar-refractivity contribution in [1.82, 2.24) is 0 Å². The molecule has 0 saturated carbocycles. The third-order valence-corrected chi connectivity index (χ3v) is 2.57. The van der Waals surface area contributed by atoms with Gasteiger partial charge in [-0.2, -0.15) is 0 Å². The van der Waals surface area contributed by atoms with E-state index in [9.17, 15) is 9.59 Å². The van der Waals surface area contributed by atoms with Gasteiger partial charge in [0, 0.05) is 11.4 Å². The van der Waals surface area contributed by atoms with Gasteiger partial charge in [0.1, 0.15) is 0 Å². The molecule has 0 aliphatic rings. The number of benzene rings is 1. The van der Waals surface area contributed by atoms with Crippen molar-refractivity contribution >= 4 is 33.5 Å². The van der Waals surface area contributed by atoms with Gasteiger partial charge in [0.15, 0.2) is 0 Å². The number of anilines is 1. The van der Waals surface area contributed by atoms with Gasteiger partial charge in [-0.3, -0.25) is 4.79 Å². The lowest BCUT2D eigenvalue weighted by Crippen LogP contribution is -2.13. The predicted octanol–water partition coefficient (Wildman–Crippen LogP) is 2.50. The number of aryl methyl sites for hydroxylation is 1. The summed E-state index contributed by atoms with van der Waals surface area (Å²) in [5, 5.41) is 2.60. The fraction of sp³-hybridized carbons (Fsp3) is 0.273. The molecular weight excluding hydrogens is 274 g/mol. The number of hydrogen-bond donors (Lipinski definition) is 1. The Kier molecular flexibility index (Phi) is 4.06. The number of ether oxygens (including phenoxy) is 1. The van der Waals surface area contributed by atoms with E-state index < -0.39 is 5.97 Å². The zero-order chi connectivity index (χ0) is 12.3. The normalized spacial score (nSPS) is 9.75. The molecule has 0 bridgehead atoms. The summed E-state index contributed by atoms with van der Waals surface area (Å²) in [6.07, 6.45) is 0. The quantitative estimate of drug-likeness (QED) is 0.850. The molecule has 0 saturated heterocycles. The number of carbonyl (C=O) groups excluding carboxylic acids is 2. The number of halogens is 1. The Morgan fingerprint density at radius 3 is 2.50 bits per heavy atom. The highest BCUT2D eigenvalue weighted by atomic mass is 79.9. The highest BCUT2D eigenvalue weighted by Gasteiger charge is 2.16. The van der Waals surface area contributed by atoms with Crippen LogP contribution >= 0.6 is 15.9 Å². The van der Waals surface area contributed by atoms with Gasteiger partial charge in [-0.1, -0.05) is 0 Å². The molecule has 0 aromatic heterocycles. The Labute approximate surface area is 102 Å². The van der Waals surface area contributed by atoms with Crippen LogP contribution in [0.3, 0.4) is 0 Å². The first kappa shape index (κ1) is 12.7. The number of amides is 1. The van der Waals surface area contributed by atoms with E-state index >= 15 is 0 Å². The molecule has 0 radical (unpaired) electrons. The third kappa shape index (κ3) is 2.82. The molecule has 86 valence electrons. The molecule has 0 spiro atoms. The average Bonchev–Trinajstić information content (AvgIpc) is 2.20. The molecule has 0 fully saturated rings. The average molecular weight is 286 g/mol. The Hall–Kier alpha value is -1.36. The first-order valence-corrected chi connectivity index (χ1v) is 5.41. The first-order chi connectivity index (χ1) is 7.45. The van der Waals surface area contributed by atoms with E-state index in [1.807, 2.05) is 13.0 Å². The summed E-state index contributed by atoms with van der Waals surface area (Å²) < 4.78 is 5.31. The minimum Gasteiger partial charge on any atom is -0.465 e. The predicted molar refractivity (Wildman–Crippen MR) is 64.5 cm³/mol. The van der Waals surface area contributed by atoms with Gasteiger partial charge in [0.2, 0.25) is 5.91 Å². The molecule has 0 unspecified atom stereocenters.